The summed E-state index contributed by atoms with van der Waals surface area (Å²) in [5.41, 5.74) is 1.33. The van der Waals surface area contributed by atoms with E-state index in [4.69, 9.17) is 11.6 Å². The molecular formula is C14H21BrClN. The summed E-state index contributed by atoms with van der Waals surface area (Å²) in [6.45, 7) is 3.39. The zero-order valence-electron chi connectivity index (χ0n) is 10.6. The molecular weight excluding hydrogens is 298 g/mol. The van der Waals surface area contributed by atoms with Crippen LogP contribution < -0.4 is 0 Å². The monoisotopic (exact) mass is 317 g/mol. The van der Waals surface area contributed by atoms with E-state index in [1.165, 1.54) is 24.8 Å². The minimum Gasteiger partial charge on any atom is -0.300 e. The number of benzene rings is 1. The summed E-state index contributed by atoms with van der Waals surface area (Å²) in [6.07, 6.45) is 3.83. The molecule has 0 saturated heterocycles. The van der Waals surface area contributed by atoms with Gasteiger partial charge in [-0.15, -0.1) is 0 Å². The van der Waals surface area contributed by atoms with Gasteiger partial charge in [0.15, 0.2) is 0 Å². The SMILES string of the molecule is CC(c1ccc(Cl)cc1)N(C)CCCCCBr. The van der Waals surface area contributed by atoms with E-state index in [1.807, 2.05) is 12.1 Å². The van der Waals surface area contributed by atoms with Crippen LogP contribution in [0.3, 0.4) is 0 Å². The standard InChI is InChI=1S/C14H21BrClN/c1-12(13-6-8-14(16)9-7-13)17(2)11-5-3-4-10-15/h6-9,12H,3-5,10-11H2,1-2H3. The Morgan fingerprint density at radius 1 is 1.18 bits per heavy atom. The second-order valence-corrected chi connectivity index (χ2v) is 5.69. The van der Waals surface area contributed by atoms with Crippen molar-refractivity contribution in [2.45, 2.75) is 32.2 Å². The summed E-state index contributed by atoms with van der Waals surface area (Å²) in [7, 11) is 2.19. The maximum atomic E-state index is 5.90. The fourth-order valence-electron chi connectivity index (χ4n) is 1.82. The van der Waals surface area contributed by atoms with E-state index in [0.717, 1.165) is 16.9 Å². The molecule has 0 radical (unpaired) electrons. The van der Waals surface area contributed by atoms with Gasteiger partial charge in [-0.1, -0.05) is 46.1 Å². The first-order valence-electron chi connectivity index (χ1n) is 6.17. The van der Waals surface area contributed by atoms with Crippen molar-refractivity contribution in [3.63, 3.8) is 0 Å². The molecule has 0 aliphatic heterocycles. The second kappa shape index (κ2) is 8.12. The molecule has 0 heterocycles. The van der Waals surface area contributed by atoms with Gasteiger partial charge in [0.2, 0.25) is 0 Å². The van der Waals surface area contributed by atoms with Gasteiger partial charge in [0, 0.05) is 16.4 Å². The summed E-state index contributed by atoms with van der Waals surface area (Å²) >= 11 is 9.36. The minimum absolute atomic E-state index is 0.455. The second-order valence-electron chi connectivity index (χ2n) is 4.46. The van der Waals surface area contributed by atoms with Crippen molar-refractivity contribution in [3.05, 3.63) is 34.9 Å². The maximum Gasteiger partial charge on any atom is 0.0406 e. The Hall–Kier alpha value is -0.0500. The van der Waals surface area contributed by atoms with Gasteiger partial charge in [0.05, 0.1) is 0 Å². The van der Waals surface area contributed by atoms with Gasteiger partial charge in [-0.25, -0.2) is 0 Å². The molecule has 0 bridgehead atoms. The molecule has 0 spiro atoms. The molecule has 1 atom stereocenters. The molecule has 1 unspecified atom stereocenters. The number of rotatable bonds is 7. The predicted molar refractivity (Wildman–Crippen MR) is 80.1 cm³/mol. The van der Waals surface area contributed by atoms with E-state index in [0.29, 0.717) is 6.04 Å². The third-order valence-electron chi connectivity index (χ3n) is 3.16. The van der Waals surface area contributed by atoms with Crippen LogP contribution in [0.5, 0.6) is 0 Å². The molecule has 1 aromatic rings. The quantitative estimate of drug-likeness (QED) is 0.510. The van der Waals surface area contributed by atoms with Crippen LogP contribution in [0, 0.1) is 0 Å². The van der Waals surface area contributed by atoms with E-state index in [1.54, 1.807) is 0 Å². The van der Waals surface area contributed by atoms with Crippen LogP contribution in [-0.4, -0.2) is 23.8 Å². The molecule has 0 saturated carbocycles. The van der Waals surface area contributed by atoms with Crippen molar-refractivity contribution in [2.75, 3.05) is 18.9 Å². The Balaban J connectivity index is 2.40. The molecule has 1 aromatic carbocycles. The molecule has 17 heavy (non-hydrogen) atoms. The number of halogens is 2. The van der Waals surface area contributed by atoms with Crippen LogP contribution in [0.15, 0.2) is 24.3 Å². The van der Waals surface area contributed by atoms with Gasteiger partial charge >= 0.3 is 0 Å². The van der Waals surface area contributed by atoms with Gasteiger partial charge in [-0.3, -0.25) is 4.90 Å². The third kappa shape index (κ3) is 5.41. The third-order valence-corrected chi connectivity index (χ3v) is 3.97. The van der Waals surface area contributed by atoms with Crippen LogP contribution in [0.4, 0.5) is 0 Å². The maximum absolute atomic E-state index is 5.90. The van der Waals surface area contributed by atoms with Gasteiger partial charge in [0.1, 0.15) is 0 Å². The topological polar surface area (TPSA) is 3.24 Å². The van der Waals surface area contributed by atoms with Gasteiger partial charge < -0.3 is 0 Å². The predicted octanol–water partition coefficient (Wildman–Crippen LogP) is 4.90. The summed E-state index contributed by atoms with van der Waals surface area (Å²) < 4.78 is 0. The summed E-state index contributed by atoms with van der Waals surface area (Å²) in [5, 5.41) is 1.92. The van der Waals surface area contributed by atoms with Crippen molar-refractivity contribution < 1.29 is 0 Å². The lowest BCUT2D eigenvalue weighted by atomic mass is 10.1. The molecule has 1 nitrogen and oxygen atoms in total. The summed E-state index contributed by atoms with van der Waals surface area (Å²) in [6, 6.07) is 8.61. The summed E-state index contributed by atoms with van der Waals surface area (Å²) in [4.78, 5) is 2.40. The Kier molecular flexibility index (Phi) is 7.17. The van der Waals surface area contributed by atoms with Crippen LogP contribution in [0.2, 0.25) is 5.02 Å². The van der Waals surface area contributed by atoms with Crippen LogP contribution in [0.1, 0.15) is 37.8 Å². The number of unbranched alkanes of at least 4 members (excludes halogenated alkanes) is 2. The van der Waals surface area contributed by atoms with E-state index >= 15 is 0 Å². The lowest BCUT2D eigenvalue weighted by Gasteiger charge is -2.25. The van der Waals surface area contributed by atoms with Gasteiger partial charge in [-0.05, 0) is 51.1 Å². The molecule has 0 fully saturated rings. The van der Waals surface area contributed by atoms with Crippen molar-refractivity contribution in [1.82, 2.24) is 4.90 Å². The molecule has 96 valence electrons. The first kappa shape index (κ1) is 15.0. The van der Waals surface area contributed by atoms with Crippen LogP contribution >= 0.6 is 27.5 Å². The average Bonchev–Trinajstić information content (AvgIpc) is 2.34. The highest BCUT2D eigenvalue weighted by atomic mass is 79.9. The smallest absolute Gasteiger partial charge is 0.0406 e. The van der Waals surface area contributed by atoms with E-state index < -0.39 is 0 Å². The molecule has 0 aromatic heterocycles. The van der Waals surface area contributed by atoms with Gasteiger partial charge in [0.25, 0.3) is 0 Å². The van der Waals surface area contributed by atoms with Crippen LogP contribution in [-0.2, 0) is 0 Å². The number of hydrogen-bond acceptors (Lipinski definition) is 1. The van der Waals surface area contributed by atoms with Crippen LogP contribution in [0.25, 0.3) is 0 Å². The molecule has 0 aliphatic rings. The number of alkyl halides is 1. The Morgan fingerprint density at radius 3 is 2.41 bits per heavy atom. The normalized spacial score (nSPS) is 13.0. The fraction of sp³-hybridized carbons (Fsp3) is 0.571. The highest BCUT2D eigenvalue weighted by Gasteiger charge is 2.10. The lowest BCUT2D eigenvalue weighted by Crippen LogP contribution is -2.23. The number of nitrogens with zero attached hydrogens (tertiary/aromatic N) is 1. The van der Waals surface area contributed by atoms with E-state index in [9.17, 15) is 0 Å². The average molecular weight is 319 g/mol. The van der Waals surface area contributed by atoms with Crippen molar-refractivity contribution in [3.8, 4) is 0 Å². The summed E-state index contributed by atoms with van der Waals surface area (Å²) in [5.74, 6) is 0. The highest BCUT2D eigenvalue weighted by molar-refractivity contribution is 9.09. The Bertz CT molecular complexity index is 313. The largest absolute Gasteiger partial charge is 0.300 e. The lowest BCUT2D eigenvalue weighted by molar-refractivity contribution is 0.256. The molecule has 0 aliphatic carbocycles. The molecule has 0 N–H and O–H groups in total. The Morgan fingerprint density at radius 2 is 1.82 bits per heavy atom. The fourth-order valence-corrected chi connectivity index (χ4v) is 2.34. The zero-order chi connectivity index (χ0) is 12.7. The molecule has 1 rings (SSSR count). The minimum atomic E-state index is 0.455. The molecule has 0 amide bonds. The van der Waals surface area contributed by atoms with E-state index in [-0.39, 0.29) is 0 Å². The van der Waals surface area contributed by atoms with E-state index in [2.05, 4.69) is 46.9 Å². The number of hydrogen-bond donors (Lipinski definition) is 0. The van der Waals surface area contributed by atoms with Crippen molar-refractivity contribution in [1.29, 1.82) is 0 Å². The molecule has 3 heteroatoms. The van der Waals surface area contributed by atoms with Crippen molar-refractivity contribution >= 4 is 27.5 Å². The highest BCUT2D eigenvalue weighted by Crippen LogP contribution is 2.21. The first-order chi connectivity index (χ1) is 8.15. The van der Waals surface area contributed by atoms with Crippen molar-refractivity contribution in [2.24, 2.45) is 0 Å². The van der Waals surface area contributed by atoms with Gasteiger partial charge in [-0.2, -0.15) is 0 Å². The zero-order valence-corrected chi connectivity index (χ0v) is 13.0. The first-order valence-corrected chi connectivity index (χ1v) is 7.66. The Labute approximate surface area is 118 Å².